The highest BCUT2D eigenvalue weighted by Crippen LogP contribution is 2.13. The highest BCUT2D eigenvalue weighted by atomic mass is 16.6. The van der Waals surface area contributed by atoms with Crippen LogP contribution in [0.3, 0.4) is 0 Å². The van der Waals surface area contributed by atoms with E-state index < -0.39 is 0 Å². The van der Waals surface area contributed by atoms with E-state index in [1.807, 2.05) is 41.5 Å². The van der Waals surface area contributed by atoms with Crippen LogP contribution in [0.15, 0.2) is 0 Å². The van der Waals surface area contributed by atoms with Gasteiger partial charge in [-0.3, -0.25) is 9.59 Å². The maximum atomic E-state index is 10.6. The number of esters is 2. The molecule has 0 radical (unpaired) electrons. The Morgan fingerprint density at radius 2 is 1.29 bits per heavy atom. The van der Waals surface area contributed by atoms with Crippen molar-refractivity contribution in [2.75, 3.05) is 7.11 Å². The zero-order chi connectivity index (χ0) is 13.6. The van der Waals surface area contributed by atoms with Gasteiger partial charge in [0, 0.05) is 6.92 Å². The lowest BCUT2D eigenvalue weighted by molar-refractivity contribution is -0.152. The molecule has 0 saturated heterocycles. The fraction of sp³-hybridized carbons (Fsp3) is 0.846. The average Bonchev–Trinajstić information content (AvgIpc) is 1.97. The quantitative estimate of drug-likeness (QED) is 0.618. The van der Waals surface area contributed by atoms with Crippen LogP contribution in [-0.4, -0.2) is 24.6 Å². The zero-order valence-electron chi connectivity index (χ0n) is 11.6. The lowest BCUT2D eigenvalue weighted by Gasteiger charge is -2.17. The minimum absolute atomic E-state index is 0. The summed E-state index contributed by atoms with van der Waals surface area (Å²) in [5, 5.41) is 0. The van der Waals surface area contributed by atoms with Crippen LogP contribution in [0.25, 0.3) is 0 Å². The third kappa shape index (κ3) is 17.5. The van der Waals surface area contributed by atoms with Crippen molar-refractivity contribution in [3.8, 4) is 0 Å². The Bertz CT molecular complexity index is 231. The molecule has 0 N–H and O–H groups in total. The number of carbonyl (C=O) groups excluding carboxylic acids is 2. The Morgan fingerprint density at radius 3 is 1.29 bits per heavy atom. The van der Waals surface area contributed by atoms with Gasteiger partial charge in [-0.1, -0.05) is 7.43 Å². The van der Waals surface area contributed by atoms with E-state index in [2.05, 4.69) is 4.74 Å². The molecule has 0 rings (SSSR count). The van der Waals surface area contributed by atoms with Crippen molar-refractivity contribution in [1.82, 2.24) is 0 Å². The van der Waals surface area contributed by atoms with Crippen molar-refractivity contribution in [3.05, 3.63) is 0 Å². The molecule has 4 heteroatoms. The molecule has 0 unspecified atom stereocenters. The van der Waals surface area contributed by atoms with Crippen LogP contribution in [-0.2, 0) is 19.1 Å². The van der Waals surface area contributed by atoms with Gasteiger partial charge in [0.1, 0.15) is 5.60 Å². The van der Waals surface area contributed by atoms with Crippen LogP contribution in [0.2, 0.25) is 0 Å². The standard InChI is InChI=1S/2C6H12O2.CH4/c1-6(2,3)5(7)8-4;1-5(7)8-6(2,3)4;/h2*1-4H3;1H4. The molecule has 0 saturated carbocycles. The number of methoxy groups -OCH3 is 1. The normalized spacial score (nSPS) is 10.4. The van der Waals surface area contributed by atoms with Crippen molar-refractivity contribution >= 4 is 11.9 Å². The van der Waals surface area contributed by atoms with Crippen molar-refractivity contribution in [3.63, 3.8) is 0 Å². The molecule has 0 aromatic heterocycles. The number of ether oxygens (including phenoxy) is 2. The Morgan fingerprint density at radius 1 is 0.941 bits per heavy atom. The number of carbonyl (C=O) groups is 2. The van der Waals surface area contributed by atoms with E-state index in [1.165, 1.54) is 14.0 Å². The van der Waals surface area contributed by atoms with E-state index in [-0.39, 0.29) is 30.4 Å². The van der Waals surface area contributed by atoms with Crippen LogP contribution in [0.4, 0.5) is 0 Å². The molecule has 0 heterocycles. The summed E-state index contributed by atoms with van der Waals surface area (Å²) in [7, 11) is 1.40. The molecule has 0 atom stereocenters. The predicted molar refractivity (Wildman–Crippen MR) is 69.7 cm³/mol. The number of hydrogen-bond donors (Lipinski definition) is 0. The third-order valence-corrected chi connectivity index (χ3v) is 1.25. The summed E-state index contributed by atoms with van der Waals surface area (Å²) in [6, 6.07) is 0. The van der Waals surface area contributed by atoms with Gasteiger partial charge in [-0.05, 0) is 41.5 Å². The monoisotopic (exact) mass is 248 g/mol. The summed E-state index contributed by atoms with van der Waals surface area (Å²) < 4.78 is 9.27. The summed E-state index contributed by atoms with van der Waals surface area (Å²) in [6.45, 7) is 12.4. The van der Waals surface area contributed by atoms with Crippen LogP contribution >= 0.6 is 0 Å². The Hall–Kier alpha value is -1.06. The molecule has 0 aliphatic carbocycles. The lowest BCUT2D eigenvalue weighted by Crippen LogP contribution is -2.21. The maximum absolute atomic E-state index is 10.6. The van der Waals surface area contributed by atoms with Gasteiger partial charge in [0.2, 0.25) is 0 Å². The minimum Gasteiger partial charge on any atom is -0.469 e. The zero-order valence-corrected chi connectivity index (χ0v) is 11.6. The van der Waals surface area contributed by atoms with Crippen LogP contribution in [0, 0.1) is 5.41 Å². The second-order valence-electron chi connectivity index (χ2n) is 5.45. The highest BCUT2D eigenvalue weighted by Gasteiger charge is 2.21. The van der Waals surface area contributed by atoms with E-state index >= 15 is 0 Å². The van der Waals surface area contributed by atoms with Crippen LogP contribution < -0.4 is 0 Å². The van der Waals surface area contributed by atoms with E-state index in [9.17, 15) is 9.59 Å². The molecule has 0 aromatic carbocycles. The van der Waals surface area contributed by atoms with E-state index in [0.717, 1.165) is 0 Å². The number of rotatable bonds is 0. The predicted octanol–water partition coefficient (Wildman–Crippen LogP) is 3.19. The Labute approximate surface area is 106 Å². The summed E-state index contributed by atoms with van der Waals surface area (Å²) >= 11 is 0. The minimum atomic E-state index is -0.352. The molecule has 4 nitrogen and oxygen atoms in total. The molecular formula is C13H28O4. The molecule has 0 aliphatic rings. The lowest BCUT2D eigenvalue weighted by atomic mass is 9.98. The first kappa shape index (κ1) is 21.2. The molecule has 104 valence electrons. The van der Waals surface area contributed by atoms with Gasteiger partial charge in [0.25, 0.3) is 0 Å². The van der Waals surface area contributed by atoms with Gasteiger partial charge >= 0.3 is 11.9 Å². The van der Waals surface area contributed by atoms with E-state index in [1.54, 1.807) is 0 Å². The maximum Gasteiger partial charge on any atom is 0.310 e. The highest BCUT2D eigenvalue weighted by molar-refractivity contribution is 5.75. The van der Waals surface area contributed by atoms with Gasteiger partial charge in [-0.25, -0.2) is 0 Å². The van der Waals surface area contributed by atoms with Gasteiger partial charge in [0.15, 0.2) is 0 Å². The van der Waals surface area contributed by atoms with Gasteiger partial charge < -0.3 is 9.47 Å². The topological polar surface area (TPSA) is 52.6 Å². The van der Waals surface area contributed by atoms with Gasteiger partial charge in [-0.15, -0.1) is 0 Å². The van der Waals surface area contributed by atoms with E-state index in [0.29, 0.717) is 0 Å². The molecule has 17 heavy (non-hydrogen) atoms. The van der Waals surface area contributed by atoms with Gasteiger partial charge in [0.05, 0.1) is 12.5 Å². The summed E-state index contributed by atoms with van der Waals surface area (Å²) in [4.78, 5) is 20.8. The Kier molecular flexibility index (Phi) is 10.1. The van der Waals surface area contributed by atoms with Crippen molar-refractivity contribution in [2.45, 2.75) is 61.5 Å². The van der Waals surface area contributed by atoms with Crippen molar-refractivity contribution in [2.24, 2.45) is 5.41 Å². The van der Waals surface area contributed by atoms with Crippen LogP contribution in [0.1, 0.15) is 55.9 Å². The summed E-state index contributed by atoms with van der Waals surface area (Å²) in [6.07, 6.45) is 0. The summed E-state index contributed by atoms with van der Waals surface area (Å²) in [5.74, 6) is -0.394. The molecule has 0 aromatic rings. The second kappa shape index (κ2) is 8.09. The van der Waals surface area contributed by atoms with Gasteiger partial charge in [-0.2, -0.15) is 0 Å². The average molecular weight is 248 g/mol. The first-order valence-electron chi connectivity index (χ1n) is 5.18. The van der Waals surface area contributed by atoms with Crippen molar-refractivity contribution in [1.29, 1.82) is 0 Å². The molecule has 0 aliphatic heterocycles. The Balaban J connectivity index is -0.000000218. The smallest absolute Gasteiger partial charge is 0.310 e. The third-order valence-electron chi connectivity index (χ3n) is 1.25. The largest absolute Gasteiger partial charge is 0.469 e. The van der Waals surface area contributed by atoms with Crippen molar-refractivity contribution < 1.29 is 19.1 Å². The second-order valence-corrected chi connectivity index (χ2v) is 5.45. The molecule has 0 fully saturated rings. The molecule has 0 spiro atoms. The first-order chi connectivity index (χ1) is 6.90. The van der Waals surface area contributed by atoms with Crippen LogP contribution in [0.5, 0.6) is 0 Å². The molecule has 0 amide bonds. The molecular weight excluding hydrogens is 220 g/mol. The summed E-state index contributed by atoms with van der Waals surface area (Å²) in [5.41, 5.74) is -0.680. The fourth-order valence-corrected chi connectivity index (χ4v) is 0.737. The molecule has 0 bridgehead atoms. The number of hydrogen-bond acceptors (Lipinski definition) is 4. The fourth-order valence-electron chi connectivity index (χ4n) is 0.737. The first-order valence-corrected chi connectivity index (χ1v) is 5.18. The van der Waals surface area contributed by atoms with E-state index in [4.69, 9.17) is 4.74 Å². The SMILES string of the molecule is C.CC(=O)OC(C)(C)C.COC(=O)C(C)(C)C.